The van der Waals surface area contributed by atoms with E-state index < -0.39 is 5.82 Å². The standard InChI is InChI=1S/C24H26FN5O/c1-31-21-9-7-20(8-10-21)30-23(17-5-6-18(14-26)22(25)12-17)13-24(29-30)28-15-16-3-2-4-19(27)11-16/h5-10,12-13,16,19H,2-4,11,15,27H2,1H3,(H,28,29)/t16?,19-/m0/s1. The van der Waals surface area contributed by atoms with Crippen LogP contribution in [0.25, 0.3) is 16.9 Å². The number of methoxy groups -OCH3 is 1. The predicted molar refractivity (Wildman–Crippen MR) is 119 cm³/mol. The fourth-order valence-corrected chi connectivity index (χ4v) is 4.13. The second kappa shape index (κ2) is 9.19. The van der Waals surface area contributed by atoms with Gasteiger partial charge in [-0.25, -0.2) is 9.07 Å². The van der Waals surface area contributed by atoms with E-state index in [4.69, 9.17) is 20.8 Å². The summed E-state index contributed by atoms with van der Waals surface area (Å²) >= 11 is 0. The van der Waals surface area contributed by atoms with Gasteiger partial charge in [-0.05, 0) is 61.6 Å². The summed E-state index contributed by atoms with van der Waals surface area (Å²) in [6.45, 7) is 0.800. The molecule has 1 heterocycles. The number of rotatable bonds is 6. The molecule has 2 atom stereocenters. The Morgan fingerprint density at radius 2 is 2.03 bits per heavy atom. The summed E-state index contributed by atoms with van der Waals surface area (Å²) in [7, 11) is 1.62. The molecule has 1 aliphatic carbocycles. The van der Waals surface area contributed by atoms with E-state index >= 15 is 0 Å². The van der Waals surface area contributed by atoms with Crippen LogP contribution in [0.5, 0.6) is 5.75 Å². The third-order valence-corrected chi connectivity index (χ3v) is 5.81. The summed E-state index contributed by atoms with van der Waals surface area (Å²) in [6, 6.07) is 16.2. The van der Waals surface area contributed by atoms with Crippen molar-refractivity contribution in [3.63, 3.8) is 0 Å². The molecule has 0 aliphatic heterocycles. The Kier molecular flexibility index (Phi) is 6.19. The highest BCUT2D eigenvalue weighted by molar-refractivity contribution is 5.67. The van der Waals surface area contributed by atoms with Crippen molar-refractivity contribution >= 4 is 5.82 Å². The van der Waals surface area contributed by atoms with Crippen molar-refractivity contribution in [3.8, 4) is 28.8 Å². The van der Waals surface area contributed by atoms with Crippen LogP contribution in [0.2, 0.25) is 0 Å². The Morgan fingerprint density at radius 1 is 1.23 bits per heavy atom. The van der Waals surface area contributed by atoms with Crippen LogP contribution in [0.1, 0.15) is 31.2 Å². The zero-order valence-corrected chi connectivity index (χ0v) is 17.5. The Labute approximate surface area is 181 Å². The fraction of sp³-hybridized carbons (Fsp3) is 0.333. The number of hydrogen-bond acceptors (Lipinski definition) is 5. The van der Waals surface area contributed by atoms with Crippen molar-refractivity contribution in [1.29, 1.82) is 5.26 Å². The molecular formula is C24H26FN5O. The Bertz CT molecular complexity index is 1090. The topological polar surface area (TPSA) is 88.9 Å². The van der Waals surface area contributed by atoms with E-state index in [0.717, 1.165) is 55.2 Å². The molecule has 1 fully saturated rings. The summed E-state index contributed by atoms with van der Waals surface area (Å²) in [5.74, 6) is 1.43. The van der Waals surface area contributed by atoms with Gasteiger partial charge >= 0.3 is 0 Å². The third-order valence-electron chi connectivity index (χ3n) is 5.81. The number of benzene rings is 2. The third kappa shape index (κ3) is 4.70. The van der Waals surface area contributed by atoms with Gasteiger partial charge in [0.05, 0.1) is 24.1 Å². The minimum atomic E-state index is -0.548. The normalized spacial score (nSPS) is 18.4. The highest BCUT2D eigenvalue weighted by Crippen LogP contribution is 2.29. The van der Waals surface area contributed by atoms with Gasteiger partial charge in [0.15, 0.2) is 0 Å². The summed E-state index contributed by atoms with van der Waals surface area (Å²) < 4.78 is 21.3. The van der Waals surface area contributed by atoms with E-state index in [1.165, 1.54) is 12.1 Å². The van der Waals surface area contributed by atoms with E-state index in [9.17, 15) is 4.39 Å². The first-order chi connectivity index (χ1) is 15.1. The fourth-order valence-electron chi connectivity index (χ4n) is 4.13. The van der Waals surface area contributed by atoms with Gasteiger partial charge in [0.25, 0.3) is 0 Å². The van der Waals surface area contributed by atoms with Crippen molar-refractivity contribution in [2.75, 3.05) is 19.0 Å². The van der Waals surface area contributed by atoms with Crippen molar-refractivity contribution in [1.82, 2.24) is 9.78 Å². The molecule has 1 aliphatic rings. The van der Waals surface area contributed by atoms with E-state index in [1.807, 2.05) is 36.4 Å². The number of nitrogens with one attached hydrogen (secondary N) is 1. The largest absolute Gasteiger partial charge is 0.497 e. The number of nitrogens with two attached hydrogens (primary N) is 1. The van der Waals surface area contributed by atoms with Crippen LogP contribution in [-0.2, 0) is 0 Å². The molecule has 0 amide bonds. The Hall–Kier alpha value is -3.37. The smallest absolute Gasteiger partial charge is 0.149 e. The van der Waals surface area contributed by atoms with E-state index in [-0.39, 0.29) is 11.6 Å². The number of nitrogens with zero attached hydrogens (tertiary/aromatic N) is 3. The van der Waals surface area contributed by atoms with Gasteiger partial charge in [-0.3, -0.25) is 0 Å². The molecule has 160 valence electrons. The molecule has 0 spiro atoms. The molecular weight excluding hydrogens is 393 g/mol. The summed E-state index contributed by atoms with van der Waals surface area (Å²) in [6.07, 6.45) is 4.42. The Morgan fingerprint density at radius 3 is 2.71 bits per heavy atom. The maximum absolute atomic E-state index is 14.3. The molecule has 1 aromatic heterocycles. The van der Waals surface area contributed by atoms with Gasteiger partial charge in [0.2, 0.25) is 0 Å². The van der Waals surface area contributed by atoms with Gasteiger partial charge in [-0.2, -0.15) is 5.26 Å². The number of nitriles is 1. The average Bonchev–Trinajstić information content (AvgIpc) is 3.22. The molecule has 3 N–H and O–H groups in total. The van der Waals surface area contributed by atoms with E-state index in [2.05, 4.69) is 5.32 Å². The van der Waals surface area contributed by atoms with Crippen LogP contribution in [-0.4, -0.2) is 29.5 Å². The first-order valence-corrected chi connectivity index (χ1v) is 10.5. The quantitative estimate of drug-likeness (QED) is 0.615. The number of anilines is 1. The average molecular weight is 420 g/mol. The van der Waals surface area contributed by atoms with Gasteiger partial charge in [-0.1, -0.05) is 12.5 Å². The number of aromatic nitrogens is 2. The highest BCUT2D eigenvalue weighted by Gasteiger charge is 2.20. The zero-order chi connectivity index (χ0) is 21.8. The molecule has 0 bridgehead atoms. The van der Waals surface area contributed by atoms with Crippen LogP contribution >= 0.6 is 0 Å². The van der Waals surface area contributed by atoms with Crippen LogP contribution in [0.4, 0.5) is 10.2 Å². The maximum Gasteiger partial charge on any atom is 0.149 e. The van der Waals surface area contributed by atoms with Crippen molar-refractivity contribution in [3.05, 3.63) is 59.9 Å². The molecule has 1 saturated carbocycles. The van der Waals surface area contributed by atoms with Crippen molar-refractivity contribution in [2.24, 2.45) is 11.7 Å². The maximum atomic E-state index is 14.3. The molecule has 4 rings (SSSR count). The summed E-state index contributed by atoms with van der Waals surface area (Å²) in [5, 5.41) is 17.2. The zero-order valence-electron chi connectivity index (χ0n) is 17.5. The SMILES string of the molecule is COc1ccc(-n2nc(NCC3CCC[C@H](N)C3)cc2-c2ccc(C#N)c(F)c2)cc1. The number of halogens is 1. The summed E-state index contributed by atoms with van der Waals surface area (Å²) in [4.78, 5) is 0. The second-order valence-corrected chi connectivity index (χ2v) is 8.00. The van der Waals surface area contributed by atoms with Gasteiger partial charge in [0, 0.05) is 24.2 Å². The van der Waals surface area contributed by atoms with Gasteiger partial charge in [0.1, 0.15) is 23.5 Å². The molecule has 2 aromatic carbocycles. The Balaban J connectivity index is 1.66. The monoisotopic (exact) mass is 419 g/mol. The lowest BCUT2D eigenvalue weighted by Gasteiger charge is -2.26. The summed E-state index contributed by atoms with van der Waals surface area (Å²) in [5.41, 5.74) is 8.35. The second-order valence-electron chi connectivity index (χ2n) is 8.00. The van der Waals surface area contributed by atoms with Crippen LogP contribution in [0.3, 0.4) is 0 Å². The number of ether oxygens (including phenoxy) is 1. The van der Waals surface area contributed by atoms with Gasteiger partial charge < -0.3 is 15.8 Å². The lowest BCUT2D eigenvalue weighted by atomic mass is 9.86. The molecule has 0 saturated heterocycles. The van der Waals surface area contributed by atoms with Crippen LogP contribution < -0.4 is 15.8 Å². The molecule has 3 aromatic rings. The van der Waals surface area contributed by atoms with E-state index in [0.29, 0.717) is 11.5 Å². The van der Waals surface area contributed by atoms with Gasteiger partial charge in [-0.15, -0.1) is 5.10 Å². The van der Waals surface area contributed by atoms with E-state index in [1.54, 1.807) is 17.9 Å². The molecule has 7 heteroatoms. The minimum absolute atomic E-state index is 0.0197. The van der Waals surface area contributed by atoms with Crippen molar-refractivity contribution in [2.45, 2.75) is 31.7 Å². The first kappa shape index (κ1) is 20.9. The van der Waals surface area contributed by atoms with Crippen molar-refractivity contribution < 1.29 is 9.13 Å². The lowest BCUT2D eigenvalue weighted by molar-refractivity contribution is 0.335. The lowest BCUT2D eigenvalue weighted by Crippen LogP contribution is -2.31. The van der Waals surface area contributed by atoms with Crippen LogP contribution in [0.15, 0.2) is 48.5 Å². The van der Waals surface area contributed by atoms with Crippen LogP contribution in [0, 0.1) is 23.1 Å². The minimum Gasteiger partial charge on any atom is -0.497 e. The molecule has 31 heavy (non-hydrogen) atoms. The highest BCUT2D eigenvalue weighted by atomic mass is 19.1. The molecule has 6 nitrogen and oxygen atoms in total. The number of hydrogen-bond donors (Lipinski definition) is 2. The molecule has 1 unspecified atom stereocenters. The first-order valence-electron chi connectivity index (χ1n) is 10.5. The molecule has 0 radical (unpaired) electrons. The predicted octanol–water partition coefficient (Wildman–Crippen LogP) is 4.49.